The van der Waals surface area contributed by atoms with E-state index >= 15 is 0 Å². The van der Waals surface area contributed by atoms with E-state index < -0.39 is 0 Å². The number of carbonyl (C=O) groups excluding carboxylic acids is 1. The second-order valence-corrected chi connectivity index (χ2v) is 4.01. The Balaban J connectivity index is -0.000000506. The van der Waals surface area contributed by atoms with Crippen molar-refractivity contribution in [3.63, 3.8) is 0 Å². The minimum absolute atomic E-state index is 0.144. The highest BCUT2D eigenvalue weighted by atomic mass is 16.7. The van der Waals surface area contributed by atoms with E-state index in [0.717, 1.165) is 18.8 Å². The van der Waals surface area contributed by atoms with Crippen LogP contribution in [0.3, 0.4) is 0 Å². The van der Waals surface area contributed by atoms with Crippen LogP contribution in [-0.4, -0.2) is 32.2 Å². The van der Waals surface area contributed by atoms with Crippen LogP contribution in [0, 0.1) is 0 Å². The van der Waals surface area contributed by atoms with E-state index in [0.29, 0.717) is 0 Å². The third-order valence-electron chi connectivity index (χ3n) is 1.31. The first-order chi connectivity index (χ1) is 8.45. The van der Waals surface area contributed by atoms with E-state index in [9.17, 15) is 0 Å². The van der Waals surface area contributed by atoms with Crippen LogP contribution in [-0.2, 0) is 9.63 Å². The molecule has 18 heavy (non-hydrogen) atoms. The summed E-state index contributed by atoms with van der Waals surface area (Å²) in [5.41, 5.74) is 3.61. The van der Waals surface area contributed by atoms with Gasteiger partial charge in [0.15, 0.2) is 0 Å². The van der Waals surface area contributed by atoms with Gasteiger partial charge in [-0.05, 0) is 34.4 Å². The predicted molar refractivity (Wildman–Crippen MR) is 78.6 cm³/mol. The number of hydrogen-bond acceptors (Lipinski definition) is 5. The van der Waals surface area contributed by atoms with Gasteiger partial charge in [0.25, 0.3) is 0 Å². The van der Waals surface area contributed by atoms with Gasteiger partial charge < -0.3 is 10.1 Å². The Morgan fingerprint density at radius 1 is 1.28 bits per heavy atom. The standard InChI is InChI=1S/C10H21N3O.C2H6.CH2O/c1-9(11-5)8-12-6-7-13-14-10(2,3)4;2*1-2/h8,12-13H,5-7H2,1-4H3;1-2H3;1H2/b9-8-;;. The number of nitrogens with one attached hydrogen (secondary N) is 2. The lowest BCUT2D eigenvalue weighted by molar-refractivity contribution is -0.0980. The zero-order valence-electron chi connectivity index (χ0n) is 12.7. The minimum Gasteiger partial charge on any atom is -0.388 e. The quantitative estimate of drug-likeness (QED) is 0.436. The summed E-state index contributed by atoms with van der Waals surface area (Å²) in [5.74, 6) is 0. The number of nitrogens with zero attached hydrogens (tertiary/aromatic N) is 1. The van der Waals surface area contributed by atoms with Gasteiger partial charge in [0.2, 0.25) is 0 Å². The first-order valence-corrected chi connectivity index (χ1v) is 6.02. The highest BCUT2D eigenvalue weighted by Gasteiger charge is 2.08. The van der Waals surface area contributed by atoms with E-state index in [1.807, 2.05) is 54.5 Å². The van der Waals surface area contributed by atoms with Crippen molar-refractivity contribution in [2.75, 3.05) is 13.1 Å². The fourth-order valence-corrected chi connectivity index (χ4v) is 0.656. The zero-order valence-corrected chi connectivity index (χ0v) is 12.7. The van der Waals surface area contributed by atoms with Crippen molar-refractivity contribution in [3.05, 3.63) is 11.9 Å². The Labute approximate surface area is 112 Å². The highest BCUT2D eigenvalue weighted by Crippen LogP contribution is 2.02. The third kappa shape index (κ3) is 24.2. The Hall–Kier alpha value is -1.20. The molecule has 108 valence electrons. The summed E-state index contributed by atoms with van der Waals surface area (Å²) in [5, 5.41) is 3.08. The Bertz CT molecular complexity index is 211. The summed E-state index contributed by atoms with van der Waals surface area (Å²) in [6.45, 7) is 18.8. The maximum atomic E-state index is 8.00. The van der Waals surface area contributed by atoms with Crippen LogP contribution >= 0.6 is 0 Å². The van der Waals surface area contributed by atoms with Crippen LogP contribution < -0.4 is 10.8 Å². The molecule has 0 radical (unpaired) electrons. The van der Waals surface area contributed by atoms with Crippen LogP contribution in [0.1, 0.15) is 41.5 Å². The number of aliphatic imine (C=N–C) groups is 1. The van der Waals surface area contributed by atoms with E-state index in [2.05, 4.69) is 22.5 Å². The van der Waals surface area contributed by atoms with Crippen molar-refractivity contribution in [2.45, 2.75) is 47.1 Å². The summed E-state index contributed by atoms with van der Waals surface area (Å²) >= 11 is 0. The molecule has 0 rings (SSSR count). The fourth-order valence-electron chi connectivity index (χ4n) is 0.656. The second-order valence-electron chi connectivity index (χ2n) is 4.01. The lowest BCUT2D eigenvalue weighted by atomic mass is 10.2. The van der Waals surface area contributed by atoms with Crippen LogP contribution in [0.4, 0.5) is 0 Å². The van der Waals surface area contributed by atoms with Crippen molar-refractivity contribution >= 4 is 13.5 Å². The van der Waals surface area contributed by atoms with Crippen LogP contribution in [0.2, 0.25) is 0 Å². The van der Waals surface area contributed by atoms with Gasteiger partial charge in [-0.2, -0.15) is 0 Å². The zero-order chi connectivity index (χ0) is 15.0. The number of rotatable bonds is 6. The van der Waals surface area contributed by atoms with Crippen molar-refractivity contribution in [1.82, 2.24) is 10.8 Å². The summed E-state index contributed by atoms with van der Waals surface area (Å²) < 4.78 is 0. The van der Waals surface area contributed by atoms with Gasteiger partial charge in [0, 0.05) is 19.3 Å². The molecule has 0 unspecified atom stereocenters. The summed E-state index contributed by atoms with van der Waals surface area (Å²) in [4.78, 5) is 17.1. The van der Waals surface area contributed by atoms with Crippen molar-refractivity contribution < 1.29 is 9.63 Å². The summed E-state index contributed by atoms with van der Waals surface area (Å²) in [6, 6.07) is 0. The lowest BCUT2D eigenvalue weighted by Gasteiger charge is -2.19. The smallest absolute Gasteiger partial charge is 0.106 e. The van der Waals surface area contributed by atoms with Gasteiger partial charge >= 0.3 is 0 Å². The molecule has 0 saturated heterocycles. The molecule has 0 atom stereocenters. The molecule has 0 aliphatic carbocycles. The Morgan fingerprint density at radius 3 is 2.17 bits per heavy atom. The molecule has 0 fully saturated rings. The first-order valence-electron chi connectivity index (χ1n) is 6.02. The van der Waals surface area contributed by atoms with Crippen molar-refractivity contribution in [1.29, 1.82) is 0 Å². The van der Waals surface area contributed by atoms with Gasteiger partial charge in [0.1, 0.15) is 6.79 Å². The average molecular weight is 259 g/mol. The van der Waals surface area contributed by atoms with E-state index in [-0.39, 0.29) is 5.60 Å². The lowest BCUT2D eigenvalue weighted by Crippen LogP contribution is -2.33. The van der Waals surface area contributed by atoms with Crippen LogP contribution in [0.15, 0.2) is 16.9 Å². The van der Waals surface area contributed by atoms with Crippen LogP contribution in [0.5, 0.6) is 0 Å². The fraction of sp³-hybridized carbons (Fsp3) is 0.692. The molecule has 0 bridgehead atoms. The van der Waals surface area contributed by atoms with E-state index in [4.69, 9.17) is 9.63 Å². The topological polar surface area (TPSA) is 62.7 Å². The van der Waals surface area contributed by atoms with Crippen molar-refractivity contribution in [3.8, 4) is 0 Å². The van der Waals surface area contributed by atoms with Gasteiger partial charge in [-0.25, -0.2) is 5.48 Å². The molecule has 0 aromatic rings. The van der Waals surface area contributed by atoms with Crippen LogP contribution in [0.25, 0.3) is 0 Å². The molecule has 5 nitrogen and oxygen atoms in total. The molecule has 0 saturated carbocycles. The first kappa shape index (κ1) is 22.0. The van der Waals surface area contributed by atoms with E-state index in [1.165, 1.54) is 0 Å². The predicted octanol–water partition coefficient (Wildman–Crippen LogP) is 2.30. The number of allylic oxidation sites excluding steroid dienone is 1. The summed E-state index contributed by atoms with van der Waals surface area (Å²) in [6.07, 6.45) is 1.83. The minimum atomic E-state index is -0.144. The number of hydroxylamine groups is 1. The highest BCUT2D eigenvalue weighted by molar-refractivity contribution is 5.27. The molecule has 5 heteroatoms. The molecule has 0 amide bonds. The molecular formula is C13H29N3O2. The maximum Gasteiger partial charge on any atom is 0.106 e. The second kappa shape index (κ2) is 15.8. The van der Waals surface area contributed by atoms with Gasteiger partial charge in [-0.15, -0.1) is 0 Å². The molecular weight excluding hydrogens is 230 g/mol. The SMILES string of the molecule is C=N/C(C)=C\NCCNOC(C)(C)C.C=O.CC. The Morgan fingerprint density at radius 2 is 1.78 bits per heavy atom. The van der Waals surface area contributed by atoms with Gasteiger partial charge in [0.05, 0.1) is 11.3 Å². The largest absolute Gasteiger partial charge is 0.388 e. The normalized spacial score (nSPS) is 10.4. The molecule has 0 aromatic carbocycles. The molecule has 0 spiro atoms. The van der Waals surface area contributed by atoms with Gasteiger partial charge in [-0.1, -0.05) is 13.8 Å². The Kier molecular flexibility index (Phi) is 19.3. The molecule has 0 heterocycles. The monoisotopic (exact) mass is 259 g/mol. The summed E-state index contributed by atoms with van der Waals surface area (Å²) in [7, 11) is 0. The maximum absolute atomic E-state index is 8.00. The third-order valence-corrected chi connectivity index (χ3v) is 1.31. The molecule has 0 aliphatic rings. The molecule has 2 N–H and O–H groups in total. The number of carbonyl (C=O) groups is 1. The van der Waals surface area contributed by atoms with Crippen molar-refractivity contribution in [2.24, 2.45) is 4.99 Å². The number of hydrogen-bond donors (Lipinski definition) is 2. The molecule has 0 aromatic heterocycles. The average Bonchev–Trinajstić information content (AvgIpc) is 2.37. The van der Waals surface area contributed by atoms with Gasteiger partial charge in [-0.3, -0.25) is 9.83 Å². The van der Waals surface area contributed by atoms with E-state index in [1.54, 1.807) is 0 Å². The molecule has 0 aliphatic heterocycles.